The quantitative estimate of drug-likeness (QED) is 0.687. The third-order valence-electron chi connectivity index (χ3n) is 2.95. The van der Waals surface area contributed by atoms with Crippen molar-refractivity contribution in [3.63, 3.8) is 0 Å². The van der Waals surface area contributed by atoms with E-state index >= 15 is 0 Å². The molecule has 0 unspecified atom stereocenters. The first-order chi connectivity index (χ1) is 10.3. The zero-order chi connectivity index (χ0) is 16.3. The molecule has 112 valence electrons. The molecule has 1 N–H and O–H groups in total. The summed E-state index contributed by atoms with van der Waals surface area (Å²) < 4.78 is 26.8. The predicted octanol–water partition coefficient (Wildman–Crippen LogP) is 2.58. The van der Waals surface area contributed by atoms with Gasteiger partial charge in [-0.25, -0.2) is 8.42 Å². The number of hydrogen-bond acceptors (Lipinski definition) is 5. The van der Waals surface area contributed by atoms with Crippen molar-refractivity contribution in [1.82, 2.24) is 0 Å². The molecule has 0 fully saturated rings. The van der Waals surface area contributed by atoms with Crippen LogP contribution in [0.4, 0.5) is 11.4 Å². The summed E-state index contributed by atoms with van der Waals surface area (Å²) in [7, 11) is -3.94. The van der Waals surface area contributed by atoms with Crippen LogP contribution in [0.1, 0.15) is 11.1 Å². The molecule has 0 aliphatic rings. The standard InChI is InChI=1S/C14H11N3O4S/c1-10-2-7-13(8-14(10)17(18)19)22(20,21)16-12-5-3-11(9-15)4-6-12/h2-8,16H,1H3. The van der Waals surface area contributed by atoms with Crippen LogP contribution in [0.2, 0.25) is 0 Å². The molecule has 0 atom stereocenters. The fourth-order valence-corrected chi connectivity index (χ4v) is 2.86. The molecular formula is C14H11N3O4S. The average Bonchev–Trinajstić information content (AvgIpc) is 2.47. The minimum Gasteiger partial charge on any atom is -0.280 e. The summed E-state index contributed by atoms with van der Waals surface area (Å²) in [6.07, 6.45) is 0. The highest BCUT2D eigenvalue weighted by atomic mass is 32.2. The summed E-state index contributed by atoms with van der Waals surface area (Å²) in [4.78, 5) is 10.1. The maximum Gasteiger partial charge on any atom is 0.273 e. The Balaban J connectivity index is 2.36. The summed E-state index contributed by atoms with van der Waals surface area (Å²) in [5.74, 6) is 0. The summed E-state index contributed by atoms with van der Waals surface area (Å²) in [6, 6.07) is 11.4. The first-order valence-electron chi connectivity index (χ1n) is 6.11. The van der Waals surface area contributed by atoms with Gasteiger partial charge in [0, 0.05) is 17.3 Å². The number of hydrogen-bond donors (Lipinski definition) is 1. The van der Waals surface area contributed by atoms with Crippen LogP contribution >= 0.6 is 0 Å². The van der Waals surface area contributed by atoms with E-state index in [1.165, 1.54) is 43.3 Å². The fraction of sp³-hybridized carbons (Fsp3) is 0.0714. The van der Waals surface area contributed by atoms with Crippen molar-refractivity contribution in [2.75, 3.05) is 4.72 Å². The van der Waals surface area contributed by atoms with Gasteiger partial charge in [0.1, 0.15) is 0 Å². The number of nitrogens with one attached hydrogen (secondary N) is 1. The fourth-order valence-electron chi connectivity index (χ4n) is 1.78. The summed E-state index contributed by atoms with van der Waals surface area (Å²) in [5, 5.41) is 19.6. The number of anilines is 1. The summed E-state index contributed by atoms with van der Waals surface area (Å²) in [6.45, 7) is 1.53. The molecule has 8 heteroatoms. The molecule has 0 aliphatic heterocycles. The lowest BCUT2D eigenvalue weighted by molar-refractivity contribution is -0.385. The molecule has 0 amide bonds. The van der Waals surface area contributed by atoms with E-state index in [2.05, 4.69) is 4.72 Å². The van der Waals surface area contributed by atoms with Crippen molar-refractivity contribution in [2.24, 2.45) is 0 Å². The normalized spacial score (nSPS) is 10.7. The molecule has 2 aromatic carbocycles. The molecule has 0 bridgehead atoms. The highest BCUT2D eigenvalue weighted by Crippen LogP contribution is 2.24. The van der Waals surface area contributed by atoms with Gasteiger partial charge in [-0.1, -0.05) is 6.07 Å². The molecule has 0 saturated heterocycles. The Morgan fingerprint density at radius 2 is 1.82 bits per heavy atom. The number of nitrogens with zero attached hydrogens (tertiary/aromatic N) is 2. The van der Waals surface area contributed by atoms with Gasteiger partial charge in [0.05, 0.1) is 21.5 Å². The van der Waals surface area contributed by atoms with Gasteiger partial charge in [-0.05, 0) is 37.3 Å². The first-order valence-corrected chi connectivity index (χ1v) is 7.60. The number of aryl methyl sites for hydroxylation is 1. The van der Waals surface area contributed by atoms with Gasteiger partial charge in [-0.2, -0.15) is 5.26 Å². The van der Waals surface area contributed by atoms with Crippen LogP contribution in [0.25, 0.3) is 0 Å². The SMILES string of the molecule is Cc1ccc(S(=O)(=O)Nc2ccc(C#N)cc2)cc1[N+](=O)[O-]. The second-order valence-electron chi connectivity index (χ2n) is 4.50. The molecule has 2 aromatic rings. The maximum atomic E-state index is 12.2. The maximum absolute atomic E-state index is 12.2. The van der Waals surface area contributed by atoms with E-state index in [-0.39, 0.29) is 16.3 Å². The second kappa shape index (κ2) is 5.83. The van der Waals surface area contributed by atoms with Gasteiger partial charge in [0.15, 0.2) is 0 Å². The van der Waals surface area contributed by atoms with Crippen LogP contribution in [0.3, 0.4) is 0 Å². The average molecular weight is 317 g/mol. The van der Waals surface area contributed by atoms with Gasteiger partial charge < -0.3 is 0 Å². The van der Waals surface area contributed by atoms with E-state index in [0.29, 0.717) is 11.1 Å². The highest BCUT2D eigenvalue weighted by molar-refractivity contribution is 7.92. The summed E-state index contributed by atoms with van der Waals surface area (Å²) >= 11 is 0. The van der Waals surface area contributed by atoms with Crippen LogP contribution < -0.4 is 4.72 Å². The lowest BCUT2D eigenvalue weighted by Gasteiger charge is -2.08. The zero-order valence-corrected chi connectivity index (χ0v) is 12.3. The summed E-state index contributed by atoms with van der Waals surface area (Å²) in [5.41, 5.74) is 0.779. The number of nitriles is 1. The zero-order valence-electron chi connectivity index (χ0n) is 11.5. The lowest BCUT2D eigenvalue weighted by Crippen LogP contribution is -2.13. The molecule has 2 rings (SSSR count). The van der Waals surface area contributed by atoms with E-state index < -0.39 is 14.9 Å². The van der Waals surface area contributed by atoms with Crippen molar-refractivity contribution in [1.29, 1.82) is 5.26 Å². The Kier molecular flexibility index (Phi) is 4.10. The first kappa shape index (κ1) is 15.5. The van der Waals surface area contributed by atoms with Gasteiger partial charge in [-0.3, -0.25) is 14.8 Å². The Bertz CT molecular complexity index is 868. The number of rotatable bonds is 4. The number of sulfonamides is 1. The van der Waals surface area contributed by atoms with Crippen molar-refractivity contribution in [2.45, 2.75) is 11.8 Å². The van der Waals surface area contributed by atoms with E-state index in [1.54, 1.807) is 0 Å². The Labute approximate surface area is 127 Å². The molecule has 0 aliphatic carbocycles. The van der Waals surface area contributed by atoms with Crippen molar-refractivity contribution in [3.05, 3.63) is 63.7 Å². The van der Waals surface area contributed by atoms with E-state index in [0.717, 1.165) is 6.07 Å². The third kappa shape index (κ3) is 3.21. The smallest absolute Gasteiger partial charge is 0.273 e. The van der Waals surface area contributed by atoms with Crippen LogP contribution in [-0.4, -0.2) is 13.3 Å². The van der Waals surface area contributed by atoms with E-state index in [9.17, 15) is 18.5 Å². The van der Waals surface area contributed by atoms with Crippen LogP contribution in [0.15, 0.2) is 47.4 Å². The molecule has 0 saturated carbocycles. The van der Waals surface area contributed by atoms with Gasteiger partial charge in [0.25, 0.3) is 15.7 Å². The van der Waals surface area contributed by atoms with Crippen LogP contribution in [0, 0.1) is 28.4 Å². The predicted molar refractivity (Wildman–Crippen MR) is 79.8 cm³/mol. The molecule has 22 heavy (non-hydrogen) atoms. The lowest BCUT2D eigenvalue weighted by atomic mass is 10.2. The minimum absolute atomic E-state index is 0.200. The minimum atomic E-state index is -3.94. The second-order valence-corrected chi connectivity index (χ2v) is 6.18. The molecule has 0 heterocycles. The topological polar surface area (TPSA) is 113 Å². The van der Waals surface area contributed by atoms with Gasteiger partial charge >= 0.3 is 0 Å². The molecule has 0 spiro atoms. The van der Waals surface area contributed by atoms with Crippen molar-refractivity contribution in [3.8, 4) is 6.07 Å². The number of nitro groups is 1. The van der Waals surface area contributed by atoms with Gasteiger partial charge in [-0.15, -0.1) is 0 Å². The van der Waals surface area contributed by atoms with E-state index in [1.807, 2.05) is 6.07 Å². The van der Waals surface area contributed by atoms with E-state index in [4.69, 9.17) is 5.26 Å². The third-order valence-corrected chi connectivity index (χ3v) is 4.33. The molecule has 0 radical (unpaired) electrons. The molecular weight excluding hydrogens is 306 g/mol. The number of nitro benzene ring substituents is 1. The highest BCUT2D eigenvalue weighted by Gasteiger charge is 2.19. The van der Waals surface area contributed by atoms with Crippen LogP contribution in [-0.2, 0) is 10.0 Å². The van der Waals surface area contributed by atoms with Crippen LogP contribution in [0.5, 0.6) is 0 Å². The Hall–Kier alpha value is -2.92. The molecule has 7 nitrogen and oxygen atoms in total. The number of benzene rings is 2. The van der Waals surface area contributed by atoms with Gasteiger partial charge in [0.2, 0.25) is 0 Å². The Morgan fingerprint density at radius 3 is 2.36 bits per heavy atom. The Morgan fingerprint density at radius 1 is 1.18 bits per heavy atom. The largest absolute Gasteiger partial charge is 0.280 e. The van der Waals surface area contributed by atoms with Crippen molar-refractivity contribution < 1.29 is 13.3 Å². The van der Waals surface area contributed by atoms with Crippen molar-refractivity contribution >= 4 is 21.4 Å². The molecule has 0 aromatic heterocycles. The monoisotopic (exact) mass is 317 g/mol.